The van der Waals surface area contributed by atoms with E-state index in [0.29, 0.717) is 6.07 Å². The van der Waals surface area contributed by atoms with E-state index in [1.54, 1.807) is 0 Å². The summed E-state index contributed by atoms with van der Waals surface area (Å²) in [4.78, 5) is 10.8. The van der Waals surface area contributed by atoms with Gasteiger partial charge in [-0.15, -0.1) is 0 Å². The van der Waals surface area contributed by atoms with E-state index in [2.05, 4.69) is 4.74 Å². The molecular formula is C11H14F2N2O4S. The van der Waals surface area contributed by atoms with Gasteiger partial charge in [-0.2, -0.15) is 0 Å². The second-order valence-electron chi connectivity index (χ2n) is 3.95. The Hall–Kier alpha value is -1.90. The number of nitrogens with two attached hydrogens (primary N) is 1. The number of rotatable bonds is 6. The predicted molar refractivity (Wildman–Crippen MR) is 69.4 cm³/mol. The SMILES string of the molecule is COC(=O)CCCS(=O)(=O)Nc1cc(N)c(F)cc1F. The van der Waals surface area contributed by atoms with Crippen LogP contribution in [0.5, 0.6) is 0 Å². The van der Waals surface area contributed by atoms with Crippen LogP contribution < -0.4 is 10.5 Å². The van der Waals surface area contributed by atoms with Gasteiger partial charge < -0.3 is 10.5 Å². The Balaban J connectivity index is 2.71. The Bertz CT molecular complexity index is 605. The molecule has 0 spiro atoms. The largest absolute Gasteiger partial charge is 0.469 e. The van der Waals surface area contributed by atoms with Crippen LogP contribution in [0.2, 0.25) is 0 Å². The number of hydrogen-bond donors (Lipinski definition) is 2. The van der Waals surface area contributed by atoms with Gasteiger partial charge in [0.1, 0.15) is 11.6 Å². The summed E-state index contributed by atoms with van der Waals surface area (Å²) in [5, 5.41) is 0. The molecule has 0 unspecified atom stereocenters. The average Bonchev–Trinajstić information content (AvgIpc) is 2.35. The third-order valence-electron chi connectivity index (χ3n) is 2.37. The van der Waals surface area contributed by atoms with E-state index in [4.69, 9.17) is 5.73 Å². The first-order valence-electron chi connectivity index (χ1n) is 5.57. The van der Waals surface area contributed by atoms with E-state index >= 15 is 0 Å². The molecule has 9 heteroatoms. The first-order valence-corrected chi connectivity index (χ1v) is 7.22. The second kappa shape index (κ2) is 6.51. The third kappa shape index (κ3) is 4.65. The van der Waals surface area contributed by atoms with Crippen LogP contribution in [0.1, 0.15) is 12.8 Å². The van der Waals surface area contributed by atoms with Gasteiger partial charge in [-0.3, -0.25) is 9.52 Å². The molecule has 3 N–H and O–H groups in total. The van der Waals surface area contributed by atoms with Crippen LogP contribution >= 0.6 is 0 Å². The minimum atomic E-state index is -3.87. The van der Waals surface area contributed by atoms with Gasteiger partial charge in [-0.25, -0.2) is 17.2 Å². The average molecular weight is 308 g/mol. The van der Waals surface area contributed by atoms with Crippen LogP contribution in [0.25, 0.3) is 0 Å². The van der Waals surface area contributed by atoms with Crippen LogP contribution in [-0.2, 0) is 19.6 Å². The molecule has 0 amide bonds. The Labute approximate surface area is 115 Å². The maximum atomic E-state index is 13.4. The molecule has 0 saturated heterocycles. The summed E-state index contributed by atoms with van der Waals surface area (Å²) in [5.74, 6) is -3.00. The lowest BCUT2D eigenvalue weighted by atomic mass is 10.2. The van der Waals surface area contributed by atoms with E-state index in [1.807, 2.05) is 4.72 Å². The second-order valence-corrected chi connectivity index (χ2v) is 5.80. The number of benzene rings is 1. The molecule has 0 saturated carbocycles. The molecule has 112 valence electrons. The van der Waals surface area contributed by atoms with Gasteiger partial charge in [-0.05, 0) is 12.5 Å². The summed E-state index contributed by atoms with van der Waals surface area (Å²) < 4.78 is 55.9. The molecule has 1 rings (SSSR count). The monoisotopic (exact) mass is 308 g/mol. The van der Waals surface area contributed by atoms with Crippen LogP contribution in [0.15, 0.2) is 12.1 Å². The molecule has 1 aromatic carbocycles. The topological polar surface area (TPSA) is 98.5 Å². The molecule has 0 heterocycles. The Morgan fingerprint density at radius 3 is 2.60 bits per heavy atom. The number of carbonyl (C=O) groups excluding carboxylic acids is 1. The van der Waals surface area contributed by atoms with Crippen LogP contribution in [0.4, 0.5) is 20.2 Å². The van der Waals surface area contributed by atoms with Crippen molar-refractivity contribution in [2.45, 2.75) is 12.8 Å². The van der Waals surface area contributed by atoms with Gasteiger partial charge in [0.25, 0.3) is 0 Å². The van der Waals surface area contributed by atoms with Gasteiger partial charge in [0, 0.05) is 12.5 Å². The van der Waals surface area contributed by atoms with E-state index in [9.17, 15) is 22.0 Å². The number of sulfonamides is 1. The smallest absolute Gasteiger partial charge is 0.305 e. The summed E-state index contributed by atoms with van der Waals surface area (Å²) in [6.45, 7) is 0. The summed E-state index contributed by atoms with van der Waals surface area (Å²) in [7, 11) is -2.68. The van der Waals surface area contributed by atoms with Gasteiger partial charge in [0.15, 0.2) is 0 Å². The number of anilines is 2. The van der Waals surface area contributed by atoms with Crippen LogP contribution in [0.3, 0.4) is 0 Å². The lowest BCUT2D eigenvalue weighted by Gasteiger charge is -2.09. The lowest BCUT2D eigenvalue weighted by Crippen LogP contribution is -2.18. The van der Waals surface area contributed by atoms with Crippen molar-refractivity contribution in [1.82, 2.24) is 0 Å². The number of ether oxygens (including phenoxy) is 1. The minimum absolute atomic E-state index is 0.0142. The van der Waals surface area contributed by atoms with Crippen molar-refractivity contribution in [3.63, 3.8) is 0 Å². The molecule has 0 aromatic heterocycles. The van der Waals surface area contributed by atoms with E-state index in [1.165, 1.54) is 7.11 Å². The number of esters is 1. The lowest BCUT2D eigenvalue weighted by molar-refractivity contribution is -0.140. The molecule has 0 aliphatic rings. The fraction of sp³-hybridized carbons (Fsp3) is 0.364. The highest BCUT2D eigenvalue weighted by atomic mass is 32.2. The minimum Gasteiger partial charge on any atom is -0.469 e. The Kier molecular flexibility index (Phi) is 5.26. The summed E-state index contributed by atoms with van der Waals surface area (Å²) >= 11 is 0. The zero-order chi connectivity index (χ0) is 15.3. The van der Waals surface area contributed by atoms with Gasteiger partial charge >= 0.3 is 5.97 Å². The molecule has 0 aliphatic carbocycles. The molecule has 0 aliphatic heterocycles. The van der Waals surface area contributed by atoms with Crippen molar-refractivity contribution in [3.05, 3.63) is 23.8 Å². The number of nitrogen functional groups attached to an aromatic ring is 1. The zero-order valence-electron chi connectivity index (χ0n) is 10.7. The Morgan fingerprint density at radius 2 is 2.00 bits per heavy atom. The van der Waals surface area contributed by atoms with Crippen molar-refractivity contribution >= 4 is 27.4 Å². The Morgan fingerprint density at radius 1 is 1.35 bits per heavy atom. The third-order valence-corrected chi connectivity index (χ3v) is 3.73. The van der Waals surface area contributed by atoms with Crippen molar-refractivity contribution in [3.8, 4) is 0 Å². The predicted octanol–water partition coefficient (Wildman–Crippen LogP) is 1.24. The van der Waals surface area contributed by atoms with Crippen molar-refractivity contribution in [2.75, 3.05) is 23.3 Å². The fourth-order valence-electron chi connectivity index (χ4n) is 1.37. The highest BCUT2D eigenvalue weighted by Crippen LogP contribution is 2.22. The van der Waals surface area contributed by atoms with E-state index < -0.39 is 39.1 Å². The highest BCUT2D eigenvalue weighted by Gasteiger charge is 2.16. The molecule has 0 fully saturated rings. The molecular weight excluding hydrogens is 294 g/mol. The number of halogens is 2. The molecule has 1 aromatic rings. The molecule has 0 bridgehead atoms. The number of nitrogens with one attached hydrogen (secondary N) is 1. The molecule has 6 nitrogen and oxygen atoms in total. The van der Waals surface area contributed by atoms with E-state index in [0.717, 1.165) is 6.07 Å². The number of methoxy groups -OCH3 is 1. The number of hydrogen-bond acceptors (Lipinski definition) is 5. The molecule has 20 heavy (non-hydrogen) atoms. The summed E-state index contributed by atoms with van der Waals surface area (Å²) in [6.07, 6.45) is -0.0637. The highest BCUT2D eigenvalue weighted by molar-refractivity contribution is 7.92. The summed E-state index contributed by atoms with van der Waals surface area (Å²) in [5.41, 5.74) is 4.41. The maximum Gasteiger partial charge on any atom is 0.305 e. The number of carbonyl (C=O) groups is 1. The summed E-state index contributed by atoms with van der Waals surface area (Å²) in [6, 6.07) is 1.34. The quantitative estimate of drug-likeness (QED) is 0.608. The normalized spacial score (nSPS) is 11.2. The maximum absolute atomic E-state index is 13.4. The van der Waals surface area contributed by atoms with Crippen LogP contribution in [0, 0.1) is 11.6 Å². The van der Waals surface area contributed by atoms with Gasteiger partial charge in [-0.1, -0.05) is 0 Å². The van der Waals surface area contributed by atoms with Gasteiger partial charge in [0.2, 0.25) is 10.0 Å². The van der Waals surface area contributed by atoms with Crippen molar-refractivity contribution in [1.29, 1.82) is 0 Å². The standard InChI is InChI=1S/C11H14F2N2O4S/c1-19-11(16)3-2-4-20(17,18)15-10-6-9(14)7(12)5-8(10)13/h5-6,15H,2-4,14H2,1H3. The first kappa shape index (κ1) is 16.2. The van der Waals surface area contributed by atoms with E-state index in [-0.39, 0.29) is 18.5 Å². The van der Waals surface area contributed by atoms with Gasteiger partial charge in [0.05, 0.1) is 24.2 Å². The zero-order valence-corrected chi connectivity index (χ0v) is 11.5. The molecule has 0 radical (unpaired) electrons. The van der Waals surface area contributed by atoms with Crippen molar-refractivity contribution in [2.24, 2.45) is 0 Å². The van der Waals surface area contributed by atoms with Crippen LogP contribution in [-0.4, -0.2) is 27.2 Å². The fourth-order valence-corrected chi connectivity index (χ4v) is 2.49. The van der Waals surface area contributed by atoms with Crippen molar-refractivity contribution < 1.29 is 26.7 Å². The first-order chi connectivity index (χ1) is 9.25. The molecule has 0 atom stereocenters.